The average molecular weight is 423 g/mol. The number of carbonyl (C=O) groups is 3. The van der Waals surface area contributed by atoms with Gasteiger partial charge in [0.05, 0.1) is 0 Å². The van der Waals surface area contributed by atoms with Gasteiger partial charge in [0.25, 0.3) is 11.8 Å². The molecule has 158 valence electrons. The summed E-state index contributed by atoms with van der Waals surface area (Å²) in [5.74, 6) is -3.67. The van der Waals surface area contributed by atoms with E-state index in [4.69, 9.17) is 0 Å². The molecule has 0 spiro atoms. The first kappa shape index (κ1) is 21.6. The standard InChI is InChI=1S/C23H19F2N3O3/c1-26-23(31)20(16-9-12-18(24)19(25)13-16)28-22(30)15-7-10-17(11-8-15)27-21(29)14-5-3-2-4-6-14/h2-13,20H,1H3,(H,26,31)(H,27,29)(H,28,30). The number of benzene rings is 3. The quantitative estimate of drug-likeness (QED) is 0.568. The van der Waals surface area contributed by atoms with Crippen LogP contribution < -0.4 is 16.0 Å². The number of rotatable bonds is 6. The fourth-order valence-corrected chi connectivity index (χ4v) is 2.85. The number of nitrogens with one attached hydrogen (secondary N) is 3. The molecule has 1 unspecified atom stereocenters. The van der Waals surface area contributed by atoms with Gasteiger partial charge in [0.2, 0.25) is 5.91 Å². The molecule has 3 aromatic carbocycles. The molecule has 0 aliphatic heterocycles. The van der Waals surface area contributed by atoms with E-state index in [0.29, 0.717) is 11.3 Å². The van der Waals surface area contributed by atoms with Crippen LogP contribution in [0.1, 0.15) is 32.3 Å². The van der Waals surface area contributed by atoms with Crippen molar-refractivity contribution in [2.45, 2.75) is 6.04 Å². The Morgan fingerprint density at radius 1 is 0.774 bits per heavy atom. The summed E-state index contributed by atoms with van der Waals surface area (Å²) in [4.78, 5) is 37.0. The van der Waals surface area contributed by atoms with Crippen LogP contribution in [-0.4, -0.2) is 24.8 Å². The summed E-state index contributed by atoms with van der Waals surface area (Å²) in [5, 5.41) is 7.61. The normalized spacial score (nSPS) is 11.3. The minimum atomic E-state index is -1.22. The third kappa shape index (κ3) is 5.30. The first-order valence-corrected chi connectivity index (χ1v) is 9.33. The minimum absolute atomic E-state index is 0.0957. The number of hydrogen-bond donors (Lipinski definition) is 3. The lowest BCUT2D eigenvalue weighted by Crippen LogP contribution is -2.39. The molecule has 3 N–H and O–H groups in total. The van der Waals surface area contributed by atoms with Gasteiger partial charge in [-0.15, -0.1) is 0 Å². The van der Waals surface area contributed by atoms with Crippen LogP contribution in [0.2, 0.25) is 0 Å². The monoisotopic (exact) mass is 423 g/mol. The van der Waals surface area contributed by atoms with Crippen LogP contribution in [0.25, 0.3) is 0 Å². The highest BCUT2D eigenvalue weighted by Crippen LogP contribution is 2.18. The Hall–Kier alpha value is -4.07. The van der Waals surface area contributed by atoms with Crippen LogP contribution in [0.3, 0.4) is 0 Å². The van der Waals surface area contributed by atoms with Crippen molar-refractivity contribution in [3.05, 3.63) is 101 Å². The number of carbonyl (C=O) groups excluding carboxylic acids is 3. The van der Waals surface area contributed by atoms with Crippen LogP contribution in [-0.2, 0) is 4.79 Å². The van der Waals surface area contributed by atoms with E-state index in [1.807, 2.05) is 0 Å². The van der Waals surface area contributed by atoms with Crippen molar-refractivity contribution in [2.24, 2.45) is 0 Å². The van der Waals surface area contributed by atoms with Crippen molar-refractivity contribution >= 4 is 23.4 Å². The third-order valence-electron chi connectivity index (χ3n) is 4.50. The largest absolute Gasteiger partial charge is 0.357 e. The van der Waals surface area contributed by atoms with Crippen molar-refractivity contribution in [3.8, 4) is 0 Å². The fraction of sp³-hybridized carbons (Fsp3) is 0.0870. The topological polar surface area (TPSA) is 87.3 Å². The lowest BCUT2D eigenvalue weighted by molar-refractivity contribution is -0.122. The summed E-state index contributed by atoms with van der Waals surface area (Å²) in [6.07, 6.45) is 0. The third-order valence-corrected chi connectivity index (χ3v) is 4.50. The Labute approximate surface area is 177 Å². The number of halogens is 2. The van der Waals surface area contributed by atoms with E-state index in [1.165, 1.54) is 25.2 Å². The van der Waals surface area contributed by atoms with Crippen LogP contribution in [0.15, 0.2) is 72.8 Å². The Bertz CT molecular complexity index is 1100. The summed E-state index contributed by atoms with van der Waals surface area (Å²) in [6.45, 7) is 0. The maximum Gasteiger partial charge on any atom is 0.255 e. The molecule has 0 aliphatic rings. The van der Waals surface area contributed by atoms with Crippen molar-refractivity contribution in [1.82, 2.24) is 10.6 Å². The molecule has 0 saturated carbocycles. The summed E-state index contributed by atoms with van der Waals surface area (Å²) < 4.78 is 26.8. The summed E-state index contributed by atoms with van der Waals surface area (Å²) in [7, 11) is 1.37. The Kier molecular flexibility index (Phi) is 6.71. The molecule has 0 bridgehead atoms. The van der Waals surface area contributed by atoms with E-state index < -0.39 is 29.5 Å². The predicted octanol–water partition coefficient (Wildman–Crippen LogP) is 3.43. The number of amides is 3. The Morgan fingerprint density at radius 3 is 2.03 bits per heavy atom. The van der Waals surface area contributed by atoms with Gasteiger partial charge in [-0.05, 0) is 54.1 Å². The average Bonchev–Trinajstić information content (AvgIpc) is 2.79. The number of anilines is 1. The molecule has 3 aromatic rings. The summed E-state index contributed by atoms with van der Waals surface area (Å²) in [6, 6.07) is 16.4. The second-order valence-electron chi connectivity index (χ2n) is 6.59. The van der Waals surface area contributed by atoms with Crippen LogP contribution >= 0.6 is 0 Å². The highest BCUT2D eigenvalue weighted by Gasteiger charge is 2.23. The molecule has 31 heavy (non-hydrogen) atoms. The van der Waals surface area contributed by atoms with E-state index in [2.05, 4.69) is 16.0 Å². The van der Waals surface area contributed by atoms with Crippen LogP contribution in [0, 0.1) is 11.6 Å². The zero-order valence-electron chi connectivity index (χ0n) is 16.5. The summed E-state index contributed by atoms with van der Waals surface area (Å²) in [5.41, 5.74) is 1.28. The highest BCUT2D eigenvalue weighted by molar-refractivity contribution is 6.04. The first-order chi connectivity index (χ1) is 14.9. The van der Waals surface area contributed by atoms with Gasteiger partial charge < -0.3 is 16.0 Å². The lowest BCUT2D eigenvalue weighted by Gasteiger charge is -2.18. The maximum absolute atomic E-state index is 13.6. The van der Waals surface area contributed by atoms with Crippen molar-refractivity contribution in [2.75, 3.05) is 12.4 Å². The van der Waals surface area contributed by atoms with Gasteiger partial charge >= 0.3 is 0 Å². The molecule has 3 rings (SSSR count). The zero-order valence-corrected chi connectivity index (χ0v) is 16.5. The van der Waals surface area contributed by atoms with Gasteiger partial charge in [-0.2, -0.15) is 0 Å². The molecule has 0 saturated heterocycles. The van der Waals surface area contributed by atoms with E-state index in [0.717, 1.165) is 12.1 Å². The first-order valence-electron chi connectivity index (χ1n) is 9.33. The van der Waals surface area contributed by atoms with Crippen LogP contribution in [0.4, 0.5) is 14.5 Å². The second kappa shape index (κ2) is 9.62. The van der Waals surface area contributed by atoms with E-state index in [1.54, 1.807) is 42.5 Å². The summed E-state index contributed by atoms with van der Waals surface area (Å²) >= 11 is 0. The molecule has 6 nitrogen and oxygen atoms in total. The van der Waals surface area contributed by atoms with E-state index >= 15 is 0 Å². The highest BCUT2D eigenvalue weighted by atomic mass is 19.2. The lowest BCUT2D eigenvalue weighted by atomic mass is 10.0. The van der Waals surface area contributed by atoms with Gasteiger partial charge in [-0.25, -0.2) is 8.78 Å². The minimum Gasteiger partial charge on any atom is -0.357 e. The van der Waals surface area contributed by atoms with E-state index in [9.17, 15) is 23.2 Å². The van der Waals surface area contributed by atoms with Gasteiger partial charge in [0.1, 0.15) is 6.04 Å². The maximum atomic E-state index is 13.6. The second-order valence-corrected chi connectivity index (χ2v) is 6.59. The van der Waals surface area contributed by atoms with Crippen molar-refractivity contribution in [3.63, 3.8) is 0 Å². The molecule has 0 aliphatic carbocycles. The smallest absolute Gasteiger partial charge is 0.255 e. The molecule has 3 amide bonds. The van der Waals surface area contributed by atoms with Crippen molar-refractivity contribution in [1.29, 1.82) is 0 Å². The van der Waals surface area contributed by atoms with Crippen LogP contribution in [0.5, 0.6) is 0 Å². The molecular weight excluding hydrogens is 404 g/mol. The zero-order chi connectivity index (χ0) is 22.4. The molecular formula is C23H19F2N3O3. The van der Waals surface area contributed by atoms with Gasteiger partial charge in [-0.1, -0.05) is 24.3 Å². The van der Waals surface area contributed by atoms with Gasteiger partial charge in [0, 0.05) is 23.9 Å². The predicted molar refractivity (Wildman–Crippen MR) is 111 cm³/mol. The number of hydrogen-bond acceptors (Lipinski definition) is 3. The van der Waals surface area contributed by atoms with Crippen molar-refractivity contribution < 1.29 is 23.2 Å². The molecule has 0 aromatic heterocycles. The van der Waals surface area contributed by atoms with E-state index in [-0.39, 0.29) is 17.0 Å². The number of likely N-dealkylation sites (N-methyl/N-ethyl adjacent to an activating group) is 1. The fourth-order valence-electron chi connectivity index (χ4n) is 2.85. The molecule has 8 heteroatoms. The Balaban J connectivity index is 1.72. The SMILES string of the molecule is CNC(=O)C(NC(=O)c1ccc(NC(=O)c2ccccc2)cc1)c1ccc(F)c(F)c1. The molecule has 0 radical (unpaired) electrons. The molecule has 1 atom stereocenters. The van der Waals surface area contributed by atoms with Gasteiger partial charge in [0.15, 0.2) is 11.6 Å². The Morgan fingerprint density at radius 2 is 1.42 bits per heavy atom. The molecule has 0 heterocycles. The molecule has 0 fully saturated rings. The van der Waals surface area contributed by atoms with Gasteiger partial charge in [-0.3, -0.25) is 14.4 Å².